The number of aryl methyl sites for hydroxylation is 1. The summed E-state index contributed by atoms with van der Waals surface area (Å²) < 4.78 is 5.27. The summed E-state index contributed by atoms with van der Waals surface area (Å²) in [5, 5.41) is 2.14. The summed E-state index contributed by atoms with van der Waals surface area (Å²) in [6, 6.07) is 18.2. The van der Waals surface area contributed by atoms with Crippen molar-refractivity contribution < 1.29 is 14.3 Å². The lowest BCUT2D eigenvalue weighted by Crippen LogP contribution is -2.50. The quantitative estimate of drug-likeness (QED) is 0.390. The molecular formula is C31H36N2O3S. The van der Waals surface area contributed by atoms with Crippen molar-refractivity contribution in [2.75, 3.05) is 20.2 Å². The van der Waals surface area contributed by atoms with Crippen LogP contribution in [0.5, 0.6) is 5.75 Å². The Morgan fingerprint density at radius 2 is 1.76 bits per heavy atom. The zero-order valence-corrected chi connectivity index (χ0v) is 22.6. The van der Waals surface area contributed by atoms with E-state index in [1.54, 1.807) is 18.4 Å². The number of rotatable bonds is 7. The van der Waals surface area contributed by atoms with E-state index in [0.717, 1.165) is 43.4 Å². The minimum atomic E-state index is -0.103. The maximum atomic E-state index is 14.0. The van der Waals surface area contributed by atoms with Gasteiger partial charge in [-0.3, -0.25) is 9.59 Å². The molecule has 0 bridgehead atoms. The zero-order chi connectivity index (χ0) is 25.8. The molecule has 37 heavy (non-hydrogen) atoms. The molecule has 1 aliphatic carbocycles. The third-order valence-corrected chi connectivity index (χ3v) is 8.92. The molecule has 2 aliphatic rings. The lowest BCUT2D eigenvalue weighted by atomic mass is 9.90. The highest BCUT2D eigenvalue weighted by Crippen LogP contribution is 2.39. The first-order valence-corrected chi connectivity index (χ1v) is 14.3. The molecule has 1 fully saturated rings. The minimum Gasteiger partial charge on any atom is -0.497 e. The van der Waals surface area contributed by atoms with Crippen LogP contribution in [0.3, 0.4) is 0 Å². The third kappa shape index (κ3) is 5.59. The van der Waals surface area contributed by atoms with Gasteiger partial charge in [-0.05, 0) is 72.0 Å². The molecule has 2 heterocycles. The molecule has 0 saturated heterocycles. The molecule has 0 N–H and O–H groups in total. The number of hydrogen-bond acceptors (Lipinski definition) is 4. The van der Waals surface area contributed by atoms with E-state index in [4.69, 9.17) is 4.74 Å². The first-order valence-electron chi connectivity index (χ1n) is 13.4. The maximum Gasteiger partial charge on any atom is 0.243 e. The van der Waals surface area contributed by atoms with Crippen molar-refractivity contribution in [2.45, 2.75) is 64.0 Å². The average Bonchev–Trinajstić information content (AvgIpc) is 3.41. The van der Waals surface area contributed by atoms with E-state index in [1.165, 1.54) is 28.0 Å². The van der Waals surface area contributed by atoms with E-state index in [2.05, 4.69) is 36.6 Å². The number of fused-ring (bicyclic) bond motifs is 1. The van der Waals surface area contributed by atoms with Gasteiger partial charge < -0.3 is 14.5 Å². The van der Waals surface area contributed by atoms with Crippen LogP contribution in [0.1, 0.15) is 65.3 Å². The standard InChI is InChI=1S/C31H36N2O3S/c1-22-8-6-7-11-26(22)31-27-17-19-37-28(27)16-18-32(31)30(35)21-33(24-9-4-3-5-10-24)29(34)20-23-12-14-25(36-2)15-13-23/h6-8,11-15,17,19,24,31H,3-5,9-10,16,18,20-21H2,1-2H3. The number of methoxy groups -OCH3 is 1. The Balaban J connectivity index is 1.40. The number of carbonyl (C=O) groups is 2. The predicted octanol–water partition coefficient (Wildman–Crippen LogP) is 5.94. The monoisotopic (exact) mass is 516 g/mol. The summed E-state index contributed by atoms with van der Waals surface area (Å²) in [7, 11) is 1.64. The highest BCUT2D eigenvalue weighted by molar-refractivity contribution is 7.10. The molecule has 6 heteroatoms. The Bertz CT molecular complexity index is 1230. The summed E-state index contributed by atoms with van der Waals surface area (Å²) in [5.41, 5.74) is 4.53. The van der Waals surface area contributed by atoms with Crippen LogP contribution in [-0.2, 0) is 22.4 Å². The van der Waals surface area contributed by atoms with Crippen molar-refractivity contribution >= 4 is 23.2 Å². The fraction of sp³-hybridized carbons (Fsp3) is 0.419. The maximum absolute atomic E-state index is 14.0. The van der Waals surface area contributed by atoms with Gasteiger partial charge in [0.05, 0.1) is 19.6 Å². The van der Waals surface area contributed by atoms with Crippen LogP contribution in [0.25, 0.3) is 0 Å². The van der Waals surface area contributed by atoms with E-state index in [0.29, 0.717) is 13.0 Å². The van der Waals surface area contributed by atoms with Crippen LogP contribution < -0.4 is 4.74 Å². The fourth-order valence-electron chi connectivity index (χ4n) is 5.88. The topological polar surface area (TPSA) is 49.9 Å². The zero-order valence-electron chi connectivity index (χ0n) is 21.8. The smallest absolute Gasteiger partial charge is 0.243 e. The predicted molar refractivity (Wildman–Crippen MR) is 148 cm³/mol. The second-order valence-electron chi connectivity index (χ2n) is 10.2. The number of ether oxygens (including phenoxy) is 1. The summed E-state index contributed by atoms with van der Waals surface area (Å²) in [6.45, 7) is 2.93. The Morgan fingerprint density at radius 3 is 2.49 bits per heavy atom. The van der Waals surface area contributed by atoms with Crippen LogP contribution in [0.2, 0.25) is 0 Å². The van der Waals surface area contributed by atoms with Gasteiger partial charge in [0.1, 0.15) is 12.3 Å². The van der Waals surface area contributed by atoms with Gasteiger partial charge in [0, 0.05) is 17.5 Å². The summed E-state index contributed by atoms with van der Waals surface area (Å²) in [5.74, 6) is 0.848. The SMILES string of the molecule is COc1ccc(CC(=O)N(CC(=O)N2CCc3sccc3C2c2ccccc2C)C2CCCCC2)cc1. The molecule has 5 rings (SSSR count). The largest absolute Gasteiger partial charge is 0.497 e. The van der Waals surface area contributed by atoms with E-state index < -0.39 is 0 Å². The Kier molecular flexibility index (Phi) is 7.94. The number of benzene rings is 2. The molecule has 1 saturated carbocycles. The van der Waals surface area contributed by atoms with E-state index in [1.807, 2.05) is 40.1 Å². The van der Waals surface area contributed by atoms with Crippen LogP contribution in [0, 0.1) is 6.92 Å². The van der Waals surface area contributed by atoms with Gasteiger partial charge in [0.25, 0.3) is 0 Å². The van der Waals surface area contributed by atoms with Crippen molar-refractivity contribution in [1.82, 2.24) is 9.80 Å². The molecule has 3 aromatic rings. The van der Waals surface area contributed by atoms with Crippen LogP contribution in [0.4, 0.5) is 0 Å². The number of carbonyl (C=O) groups excluding carboxylic acids is 2. The average molecular weight is 517 g/mol. The molecule has 5 nitrogen and oxygen atoms in total. The summed E-state index contributed by atoms with van der Waals surface area (Å²) >= 11 is 1.78. The van der Waals surface area contributed by atoms with Crippen molar-refractivity contribution in [1.29, 1.82) is 0 Å². The molecule has 1 aliphatic heterocycles. The van der Waals surface area contributed by atoms with Crippen LogP contribution in [0.15, 0.2) is 60.0 Å². The number of thiophene rings is 1. The fourth-order valence-corrected chi connectivity index (χ4v) is 6.79. The Labute approximate surface area is 224 Å². The van der Waals surface area contributed by atoms with E-state index in [9.17, 15) is 9.59 Å². The molecule has 1 atom stereocenters. The van der Waals surface area contributed by atoms with Crippen molar-refractivity contribution in [3.05, 3.63) is 87.1 Å². The lowest BCUT2D eigenvalue weighted by molar-refractivity contribution is -0.144. The van der Waals surface area contributed by atoms with Crippen molar-refractivity contribution in [2.24, 2.45) is 0 Å². The van der Waals surface area contributed by atoms with Crippen molar-refractivity contribution in [3.8, 4) is 5.75 Å². The molecule has 194 valence electrons. The van der Waals surface area contributed by atoms with Gasteiger partial charge in [-0.25, -0.2) is 0 Å². The lowest BCUT2D eigenvalue weighted by Gasteiger charge is -2.40. The second-order valence-corrected chi connectivity index (χ2v) is 11.2. The molecule has 0 spiro atoms. The second kappa shape index (κ2) is 11.5. The summed E-state index contributed by atoms with van der Waals surface area (Å²) in [6.07, 6.45) is 6.52. The molecule has 2 aromatic carbocycles. The Hall–Kier alpha value is -3.12. The van der Waals surface area contributed by atoms with Gasteiger partial charge in [0.2, 0.25) is 11.8 Å². The molecule has 0 radical (unpaired) electrons. The first kappa shape index (κ1) is 25.5. The van der Waals surface area contributed by atoms with Gasteiger partial charge >= 0.3 is 0 Å². The third-order valence-electron chi connectivity index (χ3n) is 7.93. The first-order chi connectivity index (χ1) is 18.0. The van der Waals surface area contributed by atoms with Gasteiger partial charge in [0.15, 0.2) is 0 Å². The normalized spacial score (nSPS) is 17.8. The van der Waals surface area contributed by atoms with E-state index >= 15 is 0 Å². The molecular weight excluding hydrogens is 480 g/mol. The number of nitrogens with zero attached hydrogens (tertiary/aromatic N) is 2. The summed E-state index contributed by atoms with van der Waals surface area (Å²) in [4.78, 5) is 33.0. The van der Waals surface area contributed by atoms with Crippen LogP contribution >= 0.6 is 11.3 Å². The van der Waals surface area contributed by atoms with Gasteiger partial charge in [-0.15, -0.1) is 11.3 Å². The van der Waals surface area contributed by atoms with E-state index in [-0.39, 0.29) is 30.4 Å². The van der Waals surface area contributed by atoms with Crippen LogP contribution in [-0.4, -0.2) is 47.9 Å². The van der Waals surface area contributed by atoms with Crippen molar-refractivity contribution in [3.63, 3.8) is 0 Å². The molecule has 1 aromatic heterocycles. The highest BCUT2D eigenvalue weighted by atomic mass is 32.1. The number of hydrogen-bond donors (Lipinski definition) is 0. The van der Waals surface area contributed by atoms with Gasteiger partial charge in [-0.1, -0.05) is 55.7 Å². The Morgan fingerprint density at radius 1 is 1.00 bits per heavy atom. The molecule has 2 amide bonds. The number of amides is 2. The van der Waals surface area contributed by atoms with Gasteiger partial charge in [-0.2, -0.15) is 0 Å². The minimum absolute atomic E-state index is 0.0334. The highest BCUT2D eigenvalue weighted by Gasteiger charge is 2.36. The molecule has 1 unspecified atom stereocenters.